The van der Waals surface area contributed by atoms with Gasteiger partial charge in [0.25, 0.3) is 5.89 Å². The minimum absolute atomic E-state index is 0. The third-order valence-corrected chi connectivity index (χ3v) is 3.64. The van der Waals surface area contributed by atoms with Gasteiger partial charge in [-0.25, -0.2) is 9.97 Å². The molecule has 0 aliphatic heterocycles. The predicted molar refractivity (Wildman–Crippen MR) is 76.4 cm³/mol. The van der Waals surface area contributed by atoms with Gasteiger partial charge in [0, 0.05) is 6.20 Å². The molecular weight excluding hydrogens is 278 g/mol. The van der Waals surface area contributed by atoms with Crippen LogP contribution in [0.15, 0.2) is 17.0 Å². The van der Waals surface area contributed by atoms with Crippen molar-refractivity contribution in [1.82, 2.24) is 20.1 Å². The minimum atomic E-state index is -0.407. The van der Waals surface area contributed by atoms with Crippen molar-refractivity contribution < 1.29 is 4.52 Å². The molecule has 0 bridgehead atoms. The Kier molecular flexibility index (Phi) is 4.06. The molecule has 2 aromatic heterocycles. The standard InChI is InChI=1S/C13H17N5O.ClH/c1-8(2)10-9(6-15-7-16-10)11-17-12(18-19-11)13(14)4-3-5-13;/h6-8H,3-5,14H2,1-2H3;1H. The predicted octanol–water partition coefficient (Wildman–Crippen LogP) is 2.41. The van der Waals surface area contributed by atoms with Gasteiger partial charge in [0.1, 0.15) is 6.33 Å². The van der Waals surface area contributed by atoms with E-state index in [2.05, 4.69) is 34.0 Å². The van der Waals surface area contributed by atoms with Gasteiger partial charge in [-0.05, 0) is 25.2 Å². The van der Waals surface area contributed by atoms with Crippen LogP contribution in [0.1, 0.15) is 50.5 Å². The van der Waals surface area contributed by atoms with Crippen molar-refractivity contribution in [2.45, 2.75) is 44.6 Å². The summed E-state index contributed by atoms with van der Waals surface area (Å²) in [6.07, 6.45) is 6.19. The second kappa shape index (κ2) is 5.46. The summed E-state index contributed by atoms with van der Waals surface area (Å²) < 4.78 is 5.34. The van der Waals surface area contributed by atoms with Crippen LogP contribution in [0.5, 0.6) is 0 Å². The van der Waals surface area contributed by atoms with Crippen LogP contribution < -0.4 is 5.73 Å². The van der Waals surface area contributed by atoms with Crippen molar-refractivity contribution in [3.8, 4) is 11.5 Å². The van der Waals surface area contributed by atoms with Crippen LogP contribution in [0.2, 0.25) is 0 Å². The van der Waals surface area contributed by atoms with Crippen LogP contribution in [0, 0.1) is 0 Å². The molecular formula is C13H18ClN5O. The molecule has 7 heteroatoms. The first-order chi connectivity index (χ1) is 9.10. The lowest BCUT2D eigenvalue weighted by Crippen LogP contribution is -2.44. The Morgan fingerprint density at radius 3 is 2.70 bits per heavy atom. The van der Waals surface area contributed by atoms with E-state index in [1.807, 2.05) is 0 Å². The van der Waals surface area contributed by atoms with Gasteiger partial charge in [-0.15, -0.1) is 12.4 Å². The van der Waals surface area contributed by atoms with Crippen LogP contribution in [0.3, 0.4) is 0 Å². The second-order valence-electron chi connectivity index (χ2n) is 5.41. The number of aromatic nitrogens is 4. The van der Waals surface area contributed by atoms with Gasteiger partial charge in [-0.1, -0.05) is 19.0 Å². The smallest absolute Gasteiger partial charge is 0.261 e. The quantitative estimate of drug-likeness (QED) is 0.935. The zero-order chi connectivity index (χ0) is 13.5. The highest BCUT2D eigenvalue weighted by Crippen LogP contribution is 2.38. The van der Waals surface area contributed by atoms with Crippen molar-refractivity contribution in [2.24, 2.45) is 5.73 Å². The largest absolute Gasteiger partial charge is 0.334 e. The van der Waals surface area contributed by atoms with Crippen LogP contribution >= 0.6 is 12.4 Å². The summed E-state index contributed by atoms with van der Waals surface area (Å²) in [7, 11) is 0. The molecule has 108 valence electrons. The maximum Gasteiger partial charge on any atom is 0.261 e. The number of hydrogen-bond donors (Lipinski definition) is 1. The molecule has 1 aliphatic carbocycles. The van der Waals surface area contributed by atoms with E-state index in [1.54, 1.807) is 6.20 Å². The maximum atomic E-state index is 6.20. The summed E-state index contributed by atoms with van der Waals surface area (Å²) in [6.45, 7) is 4.14. The Morgan fingerprint density at radius 1 is 1.35 bits per heavy atom. The van der Waals surface area contributed by atoms with E-state index in [1.165, 1.54) is 6.33 Å². The van der Waals surface area contributed by atoms with Gasteiger partial charge >= 0.3 is 0 Å². The molecule has 2 N–H and O–H groups in total. The number of rotatable bonds is 3. The highest BCUT2D eigenvalue weighted by Gasteiger charge is 2.39. The van der Waals surface area contributed by atoms with Crippen LogP contribution in [0.25, 0.3) is 11.5 Å². The van der Waals surface area contributed by atoms with Gasteiger partial charge in [0.15, 0.2) is 5.82 Å². The minimum Gasteiger partial charge on any atom is -0.334 e. The summed E-state index contributed by atoms with van der Waals surface area (Å²) >= 11 is 0. The number of halogens is 1. The Labute approximate surface area is 123 Å². The number of nitrogens with zero attached hydrogens (tertiary/aromatic N) is 4. The second-order valence-corrected chi connectivity index (χ2v) is 5.41. The fourth-order valence-corrected chi connectivity index (χ4v) is 2.28. The van der Waals surface area contributed by atoms with Crippen molar-refractivity contribution in [3.63, 3.8) is 0 Å². The molecule has 0 amide bonds. The Balaban J connectivity index is 0.00000147. The van der Waals surface area contributed by atoms with E-state index in [0.717, 1.165) is 30.5 Å². The summed E-state index contributed by atoms with van der Waals surface area (Å²) in [5.41, 5.74) is 7.49. The van der Waals surface area contributed by atoms with Crippen molar-refractivity contribution in [2.75, 3.05) is 0 Å². The van der Waals surface area contributed by atoms with E-state index in [4.69, 9.17) is 10.3 Å². The SMILES string of the molecule is CC(C)c1ncncc1-c1nc(C2(N)CCC2)no1.Cl. The summed E-state index contributed by atoms with van der Waals surface area (Å²) in [4.78, 5) is 12.8. The van der Waals surface area contributed by atoms with Gasteiger partial charge < -0.3 is 10.3 Å². The lowest BCUT2D eigenvalue weighted by atomic mass is 9.77. The fraction of sp³-hybridized carbons (Fsp3) is 0.538. The van der Waals surface area contributed by atoms with E-state index in [0.29, 0.717) is 11.7 Å². The van der Waals surface area contributed by atoms with E-state index >= 15 is 0 Å². The molecule has 20 heavy (non-hydrogen) atoms. The first kappa shape index (κ1) is 14.9. The number of hydrogen-bond acceptors (Lipinski definition) is 6. The van der Waals surface area contributed by atoms with Gasteiger partial charge in [0.05, 0.1) is 16.8 Å². The average Bonchev–Trinajstić information content (AvgIpc) is 2.85. The lowest BCUT2D eigenvalue weighted by Gasteiger charge is -2.34. The highest BCUT2D eigenvalue weighted by molar-refractivity contribution is 5.85. The lowest BCUT2D eigenvalue weighted by molar-refractivity contribution is 0.229. The first-order valence-corrected chi connectivity index (χ1v) is 6.53. The van der Waals surface area contributed by atoms with Crippen LogP contribution in [0.4, 0.5) is 0 Å². The molecule has 0 spiro atoms. The fourth-order valence-electron chi connectivity index (χ4n) is 2.28. The van der Waals surface area contributed by atoms with Gasteiger partial charge in [0.2, 0.25) is 0 Å². The van der Waals surface area contributed by atoms with Crippen molar-refractivity contribution in [1.29, 1.82) is 0 Å². The van der Waals surface area contributed by atoms with Gasteiger partial charge in [-0.3, -0.25) is 0 Å². The molecule has 2 aromatic rings. The molecule has 1 fully saturated rings. The molecule has 0 saturated heterocycles. The number of nitrogens with two attached hydrogens (primary N) is 1. The Hall–Kier alpha value is -1.53. The molecule has 0 aromatic carbocycles. The maximum absolute atomic E-state index is 6.20. The summed E-state index contributed by atoms with van der Waals surface area (Å²) in [5.74, 6) is 1.31. The Morgan fingerprint density at radius 2 is 2.10 bits per heavy atom. The summed E-state index contributed by atoms with van der Waals surface area (Å²) in [5, 5.41) is 4.02. The summed E-state index contributed by atoms with van der Waals surface area (Å²) in [6, 6.07) is 0. The van der Waals surface area contributed by atoms with Crippen molar-refractivity contribution in [3.05, 3.63) is 24.0 Å². The van der Waals surface area contributed by atoms with E-state index in [-0.39, 0.29) is 18.3 Å². The highest BCUT2D eigenvalue weighted by atomic mass is 35.5. The molecule has 3 rings (SSSR count). The van der Waals surface area contributed by atoms with Gasteiger partial charge in [-0.2, -0.15) is 4.98 Å². The molecule has 0 unspecified atom stereocenters. The third kappa shape index (κ3) is 2.41. The zero-order valence-corrected chi connectivity index (χ0v) is 12.4. The van der Waals surface area contributed by atoms with E-state index in [9.17, 15) is 0 Å². The molecule has 0 atom stereocenters. The topological polar surface area (TPSA) is 90.7 Å². The average molecular weight is 296 g/mol. The zero-order valence-electron chi connectivity index (χ0n) is 11.5. The Bertz CT molecular complexity index is 594. The molecule has 1 aliphatic rings. The van der Waals surface area contributed by atoms with Crippen LogP contribution in [-0.4, -0.2) is 20.1 Å². The van der Waals surface area contributed by atoms with E-state index < -0.39 is 5.54 Å². The molecule has 2 heterocycles. The third-order valence-electron chi connectivity index (χ3n) is 3.64. The first-order valence-electron chi connectivity index (χ1n) is 6.53. The molecule has 1 saturated carbocycles. The normalized spacial score (nSPS) is 16.6. The molecule has 0 radical (unpaired) electrons. The monoisotopic (exact) mass is 295 g/mol. The van der Waals surface area contributed by atoms with Crippen molar-refractivity contribution >= 4 is 12.4 Å². The van der Waals surface area contributed by atoms with Crippen LogP contribution in [-0.2, 0) is 5.54 Å². The molecule has 6 nitrogen and oxygen atoms in total.